The monoisotopic (exact) mass is 269 g/mol. The summed E-state index contributed by atoms with van der Waals surface area (Å²) in [4.78, 5) is 15.6. The lowest BCUT2D eigenvalue weighted by molar-refractivity contribution is -0.136. The van der Waals surface area contributed by atoms with E-state index in [0.29, 0.717) is 5.92 Å². The number of carboxylic acid groups (broad SMARTS) is 1. The minimum atomic E-state index is -0.762. The number of nitrogens with one attached hydrogen (secondary N) is 1. The number of rotatable bonds is 7. The summed E-state index contributed by atoms with van der Waals surface area (Å²) in [5.41, 5.74) is 0. The van der Waals surface area contributed by atoms with Gasteiger partial charge in [-0.25, -0.2) is 0 Å². The van der Waals surface area contributed by atoms with E-state index < -0.39 is 5.97 Å². The van der Waals surface area contributed by atoms with Gasteiger partial charge in [-0.05, 0) is 57.8 Å². The van der Waals surface area contributed by atoms with Crippen molar-refractivity contribution in [3.63, 3.8) is 0 Å². The van der Waals surface area contributed by atoms with Crippen LogP contribution in [0.5, 0.6) is 0 Å². The molecule has 2 aliphatic rings. The summed E-state index contributed by atoms with van der Waals surface area (Å²) in [7, 11) is 0. The normalized spacial score (nSPS) is 25.8. The maximum absolute atomic E-state index is 10.5. The van der Waals surface area contributed by atoms with Gasteiger partial charge in [0.25, 0.3) is 0 Å². The number of hydrogen-bond acceptors (Lipinski definition) is 4. The third kappa shape index (κ3) is 5.47. The van der Waals surface area contributed by atoms with Gasteiger partial charge in [-0.1, -0.05) is 0 Å². The zero-order chi connectivity index (χ0) is 13.5. The van der Waals surface area contributed by atoms with E-state index in [0.717, 1.165) is 13.1 Å². The molecule has 19 heavy (non-hydrogen) atoms. The lowest BCUT2D eigenvalue weighted by Crippen LogP contribution is -2.43. The fraction of sp³-hybridized carbons (Fsp3) is 0.929. The average Bonchev–Trinajstić information content (AvgIpc) is 2.89. The van der Waals surface area contributed by atoms with E-state index in [-0.39, 0.29) is 6.54 Å². The minimum Gasteiger partial charge on any atom is -0.480 e. The molecule has 0 radical (unpaired) electrons. The molecule has 2 rings (SSSR count). The highest BCUT2D eigenvalue weighted by Gasteiger charge is 2.20. The number of hydrogen-bond donors (Lipinski definition) is 2. The van der Waals surface area contributed by atoms with Crippen LogP contribution in [0.1, 0.15) is 25.7 Å². The molecule has 2 aliphatic heterocycles. The van der Waals surface area contributed by atoms with Crippen molar-refractivity contribution in [2.75, 3.05) is 52.4 Å². The first kappa shape index (κ1) is 14.8. The number of carbonyl (C=O) groups is 1. The summed E-state index contributed by atoms with van der Waals surface area (Å²) in [5.74, 6) is -0.145. The predicted molar refractivity (Wildman–Crippen MR) is 75.3 cm³/mol. The maximum atomic E-state index is 10.5. The fourth-order valence-electron chi connectivity index (χ4n) is 3.19. The third-order valence-corrected chi connectivity index (χ3v) is 4.24. The van der Waals surface area contributed by atoms with Crippen LogP contribution in [0.4, 0.5) is 0 Å². The van der Waals surface area contributed by atoms with Crippen LogP contribution in [0.2, 0.25) is 0 Å². The number of aliphatic carboxylic acids is 1. The van der Waals surface area contributed by atoms with Crippen molar-refractivity contribution in [3.8, 4) is 0 Å². The molecule has 0 aromatic heterocycles. The Morgan fingerprint density at radius 3 is 2.53 bits per heavy atom. The minimum absolute atomic E-state index is 0.0876. The summed E-state index contributed by atoms with van der Waals surface area (Å²) in [5, 5.41) is 11.7. The zero-order valence-corrected chi connectivity index (χ0v) is 11.8. The molecule has 2 heterocycles. The van der Waals surface area contributed by atoms with Crippen LogP contribution in [0.25, 0.3) is 0 Å². The van der Waals surface area contributed by atoms with Crippen molar-refractivity contribution < 1.29 is 9.90 Å². The second kappa shape index (κ2) is 7.82. The Hall–Kier alpha value is -0.650. The van der Waals surface area contributed by atoms with Gasteiger partial charge in [0.2, 0.25) is 0 Å². The molecule has 0 aliphatic carbocycles. The summed E-state index contributed by atoms with van der Waals surface area (Å²) in [6, 6.07) is 0. The molecule has 5 heteroatoms. The van der Waals surface area contributed by atoms with Crippen LogP contribution < -0.4 is 5.32 Å². The van der Waals surface area contributed by atoms with Gasteiger partial charge in [-0.3, -0.25) is 4.79 Å². The van der Waals surface area contributed by atoms with E-state index in [1.54, 1.807) is 0 Å². The fourth-order valence-corrected chi connectivity index (χ4v) is 3.19. The molecule has 1 atom stereocenters. The Morgan fingerprint density at radius 2 is 1.79 bits per heavy atom. The Balaban J connectivity index is 1.60. The smallest absolute Gasteiger partial charge is 0.317 e. The summed E-state index contributed by atoms with van der Waals surface area (Å²) < 4.78 is 0. The van der Waals surface area contributed by atoms with Crippen molar-refractivity contribution in [2.45, 2.75) is 25.7 Å². The largest absolute Gasteiger partial charge is 0.480 e. The molecule has 2 N–H and O–H groups in total. The number of nitrogens with zero attached hydrogens (tertiary/aromatic N) is 2. The lowest BCUT2D eigenvalue weighted by Gasteiger charge is -2.33. The van der Waals surface area contributed by atoms with Crippen LogP contribution in [0.15, 0.2) is 0 Å². The summed E-state index contributed by atoms with van der Waals surface area (Å²) >= 11 is 0. The van der Waals surface area contributed by atoms with E-state index in [9.17, 15) is 4.79 Å². The SMILES string of the molecule is O=C(O)CNCC1CCCN(CCN2CCCC2)C1. The molecule has 0 amide bonds. The van der Waals surface area contributed by atoms with Gasteiger partial charge in [-0.15, -0.1) is 0 Å². The number of carboxylic acids is 1. The van der Waals surface area contributed by atoms with Crippen LogP contribution in [0.3, 0.4) is 0 Å². The molecule has 0 bridgehead atoms. The second-order valence-electron chi connectivity index (χ2n) is 5.88. The summed E-state index contributed by atoms with van der Waals surface area (Å²) in [6.07, 6.45) is 5.20. The topological polar surface area (TPSA) is 55.8 Å². The Bertz CT molecular complexity index is 280. The molecule has 0 spiro atoms. The predicted octanol–water partition coefficient (Wildman–Crippen LogP) is 0.468. The van der Waals surface area contributed by atoms with Gasteiger partial charge in [0.1, 0.15) is 0 Å². The van der Waals surface area contributed by atoms with Gasteiger partial charge >= 0.3 is 5.97 Å². The lowest BCUT2D eigenvalue weighted by atomic mass is 9.98. The number of piperidine rings is 1. The molecule has 1 unspecified atom stereocenters. The molecule has 110 valence electrons. The molecule has 0 saturated carbocycles. The van der Waals surface area contributed by atoms with Crippen LogP contribution in [-0.4, -0.2) is 73.2 Å². The van der Waals surface area contributed by atoms with Crippen LogP contribution in [-0.2, 0) is 4.79 Å². The number of likely N-dealkylation sites (tertiary alicyclic amines) is 2. The Kier molecular flexibility index (Phi) is 6.07. The van der Waals surface area contributed by atoms with Crippen molar-refractivity contribution >= 4 is 5.97 Å². The highest BCUT2D eigenvalue weighted by Crippen LogP contribution is 2.16. The van der Waals surface area contributed by atoms with E-state index in [4.69, 9.17) is 5.11 Å². The van der Waals surface area contributed by atoms with Crippen molar-refractivity contribution in [2.24, 2.45) is 5.92 Å². The first-order valence-corrected chi connectivity index (χ1v) is 7.61. The maximum Gasteiger partial charge on any atom is 0.317 e. The van der Waals surface area contributed by atoms with Crippen molar-refractivity contribution in [1.29, 1.82) is 0 Å². The average molecular weight is 269 g/mol. The van der Waals surface area contributed by atoms with Gasteiger partial charge in [0, 0.05) is 19.6 Å². The van der Waals surface area contributed by atoms with Gasteiger partial charge in [0.05, 0.1) is 6.54 Å². The van der Waals surface area contributed by atoms with E-state index in [2.05, 4.69) is 15.1 Å². The molecule has 2 fully saturated rings. The zero-order valence-electron chi connectivity index (χ0n) is 11.8. The summed E-state index contributed by atoms with van der Waals surface area (Å²) in [6.45, 7) is 8.19. The quantitative estimate of drug-likeness (QED) is 0.703. The molecule has 0 aromatic rings. The van der Waals surface area contributed by atoms with Crippen molar-refractivity contribution in [3.05, 3.63) is 0 Å². The van der Waals surface area contributed by atoms with E-state index >= 15 is 0 Å². The second-order valence-corrected chi connectivity index (χ2v) is 5.88. The third-order valence-electron chi connectivity index (χ3n) is 4.24. The first-order chi connectivity index (χ1) is 9.24. The highest BCUT2D eigenvalue weighted by atomic mass is 16.4. The molecule has 5 nitrogen and oxygen atoms in total. The highest BCUT2D eigenvalue weighted by molar-refractivity contribution is 5.68. The van der Waals surface area contributed by atoms with Crippen molar-refractivity contribution in [1.82, 2.24) is 15.1 Å². The molecular formula is C14H27N3O2. The van der Waals surface area contributed by atoms with Crippen LogP contribution in [0, 0.1) is 5.92 Å². The molecule has 0 aromatic carbocycles. The molecule has 2 saturated heterocycles. The standard InChI is InChI=1S/C14H27N3O2/c18-14(19)11-15-10-13-4-3-7-17(12-13)9-8-16-5-1-2-6-16/h13,15H,1-12H2,(H,18,19). The Morgan fingerprint density at radius 1 is 1.11 bits per heavy atom. The van der Waals surface area contributed by atoms with Gasteiger partial charge in [0.15, 0.2) is 0 Å². The van der Waals surface area contributed by atoms with Crippen LogP contribution >= 0.6 is 0 Å². The van der Waals surface area contributed by atoms with E-state index in [1.165, 1.54) is 58.4 Å². The van der Waals surface area contributed by atoms with E-state index in [1.807, 2.05) is 0 Å². The molecular weight excluding hydrogens is 242 g/mol. The van der Waals surface area contributed by atoms with Gasteiger partial charge < -0.3 is 20.2 Å². The first-order valence-electron chi connectivity index (χ1n) is 7.61. The Labute approximate surface area is 115 Å². The van der Waals surface area contributed by atoms with Gasteiger partial charge in [-0.2, -0.15) is 0 Å².